The van der Waals surface area contributed by atoms with Crippen LogP contribution in [0, 0.1) is 0 Å². The Morgan fingerprint density at radius 2 is 1.88 bits per heavy atom. The SMILES string of the molecule is O=C(NC1CC(Nc2cccc(Cl)c2Br)C1)OCc1ccccc1. The lowest BCUT2D eigenvalue weighted by molar-refractivity contribution is 0.129. The van der Waals surface area contributed by atoms with Crippen molar-refractivity contribution in [3.63, 3.8) is 0 Å². The van der Waals surface area contributed by atoms with Crippen molar-refractivity contribution in [1.82, 2.24) is 5.32 Å². The summed E-state index contributed by atoms with van der Waals surface area (Å²) in [7, 11) is 0. The summed E-state index contributed by atoms with van der Waals surface area (Å²) in [6.45, 7) is 0.288. The van der Waals surface area contributed by atoms with Crippen LogP contribution in [-0.4, -0.2) is 18.2 Å². The average molecular weight is 410 g/mol. The van der Waals surface area contributed by atoms with Crippen LogP contribution in [0.3, 0.4) is 0 Å². The van der Waals surface area contributed by atoms with Crippen LogP contribution in [0.2, 0.25) is 5.02 Å². The Morgan fingerprint density at radius 3 is 2.62 bits per heavy atom. The second-order valence-corrected chi connectivity index (χ2v) is 7.02. The molecular formula is C18H18BrClN2O2. The number of carbonyl (C=O) groups excluding carboxylic acids is 1. The lowest BCUT2D eigenvalue weighted by atomic mass is 9.86. The van der Waals surface area contributed by atoms with E-state index in [1.54, 1.807) is 0 Å². The summed E-state index contributed by atoms with van der Waals surface area (Å²) >= 11 is 9.56. The third kappa shape index (κ3) is 4.42. The van der Waals surface area contributed by atoms with Gasteiger partial charge in [-0.25, -0.2) is 4.79 Å². The topological polar surface area (TPSA) is 50.4 Å². The highest BCUT2D eigenvalue weighted by molar-refractivity contribution is 9.10. The number of alkyl carbamates (subject to hydrolysis) is 1. The van der Waals surface area contributed by atoms with E-state index in [2.05, 4.69) is 26.6 Å². The van der Waals surface area contributed by atoms with E-state index in [1.165, 1.54) is 0 Å². The predicted octanol–water partition coefficient (Wildman–Crippen LogP) is 4.97. The molecule has 2 N–H and O–H groups in total. The molecule has 126 valence electrons. The molecule has 0 aliphatic heterocycles. The van der Waals surface area contributed by atoms with E-state index in [0.717, 1.165) is 28.6 Å². The molecule has 0 atom stereocenters. The normalized spacial score (nSPS) is 19.2. The van der Waals surface area contributed by atoms with Crippen molar-refractivity contribution in [3.05, 3.63) is 63.6 Å². The predicted molar refractivity (Wildman–Crippen MR) is 99.3 cm³/mol. The fourth-order valence-corrected chi connectivity index (χ4v) is 3.17. The van der Waals surface area contributed by atoms with Crippen molar-refractivity contribution in [2.75, 3.05) is 5.32 Å². The minimum atomic E-state index is -0.369. The largest absolute Gasteiger partial charge is 0.445 e. The fourth-order valence-electron chi connectivity index (χ4n) is 2.62. The first-order chi connectivity index (χ1) is 11.6. The number of amides is 1. The van der Waals surface area contributed by atoms with Crippen LogP contribution in [0.15, 0.2) is 53.0 Å². The molecule has 1 aliphatic carbocycles. The molecule has 4 nitrogen and oxygen atoms in total. The van der Waals surface area contributed by atoms with Crippen LogP contribution in [0.4, 0.5) is 10.5 Å². The van der Waals surface area contributed by atoms with Gasteiger partial charge in [0.2, 0.25) is 0 Å². The monoisotopic (exact) mass is 408 g/mol. The molecule has 2 aromatic carbocycles. The second-order valence-electron chi connectivity index (χ2n) is 5.82. The molecule has 1 amide bonds. The zero-order chi connectivity index (χ0) is 16.9. The van der Waals surface area contributed by atoms with Crippen molar-refractivity contribution in [2.24, 2.45) is 0 Å². The Labute approximate surface area is 154 Å². The van der Waals surface area contributed by atoms with Crippen LogP contribution < -0.4 is 10.6 Å². The van der Waals surface area contributed by atoms with Gasteiger partial charge in [0.15, 0.2) is 0 Å². The average Bonchev–Trinajstić information content (AvgIpc) is 2.56. The van der Waals surface area contributed by atoms with E-state index < -0.39 is 0 Å². The van der Waals surface area contributed by atoms with E-state index in [0.29, 0.717) is 11.1 Å². The third-order valence-corrected chi connectivity index (χ3v) is 5.38. The molecular weight excluding hydrogens is 392 g/mol. The maximum atomic E-state index is 11.8. The quantitative estimate of drug-likeness (QED) is 0.733. The minimum Gasteiger partial charge on any atom is -0.445 e. The molecule has 0 unspecified atom stereocenters. The van der Waals surface area contributed by atoms with Gasteiger partial charge in [0.1, 0.15) is 6.61 Å². The number of carbonyl (C=O) groups is 1. The summed E-state index contributed by atoms with van der Waals surface area (Å²) in [6.07, 6.45) is 1.35. The van der Waals surface area contributed by atoms with Gasteiger partial charge in [0, 0.05) is 12.1 Å². The Hall–Kier alpha value is -1.72. The fraction of sp³-hybridized carbons (Fsp3) is 0.278. The molecule has 24 heavy (non-hydrogen) atoms. The molecule has 6 heteroatoms. The third-order valence-electron chi connectivity index (χ3n) is 3.98. The first-order valence-electron chi connectivity index (χ1n) is 7.79. The molecule has 1 fully saturated rings. The van der Waals surface area contributed by atoms with Crippen LogP contribution >= 0.6 is 27.5 Å². The Morgan fingerprint density at radius 1 is 1.12 bits per heavy atom. The van der Waals surface area contributed by atoms with Gasteiger partial charge < -0.3 is 15.4 Å². The number of ether oxygens (including phenoxy) is 1. The molecule has 2 aromatic rings. The summed E-state index contributed by atoms with van der Waals surface area (Å²) in [4.78, 5) is 11.8. The van der Waals surface area contributed by atoms with Crippen molar-refractivity contribution in [2.45, 2.75) is 31.5 Å². The minimum absolute atomic E-state index is 0.142. The second kappa shape index (κ2) is 7.90. The molecule has 0 radical (unpaired) electrons. The lowest BCUT2D eigenvalue weighted by Crippen LogP contribution is -2.49. The summed E-state index contributed by atoms with van der Waals surface area (Å²) in [6, 6.07) is 15.8. The van der Waals surface area contributed by atoms with Gasteiger partial charge in [-0.2, -0.15) is 0 Å². The zero-order valence-electron chi connectivity index (χ0n) is 13.0. The molecule has 0 bridgehead atoms. The summed E-state index contributed by atoms with van der Waals surface area (Å²) in [5.41, 5.74) is 1.95. The van der Waals surface area contributed by atoms with E-state index in [9.17, 15) is 4.79 Å². The Kier molecular flexibility index (Phi) is 5.63. The first-order valence-corrected chi connectivity index (χ1v) is 8.96. The summed E-state index contributed by atoms with van der Waals surface area (Å²) < 4.78 is 6.09. The van der Waals surface area contributed by atoms with Crippen LogP contribution in [-0.2, 0) is 11.3 Å². The molecule has 0 heterocycles. The van der Waals surface area contributed by atoms with E-state index in [1.807, 2.05) is 48.5 Å². The van der Waals surface area contributed by atoms with Crippen molar-refractivity contribution in [1.29, 1.82) is 0 Å². The van der Waals surface area contributed by atoms with Crippen LogP contribution in [0.5, 0.6) is 0 Å². The highest BCUT2D eigenvalue weighted by Gasteiger charge is 2.31. The summed E-state index contributed by atoms with van der Waals surface area (Å²) in [5, 5.41) is 6.99. The lowest BCUT2D eigenvalue weighted by Gasteiger charge is -2.36. The van der Waals surface area contributed by atoms with E-state index in [4.69, 9.17) is 16.3 Å². The molecule has 0 spiro atoms. The number of benzene rings is 2. The van der Waals surface area contributed by atoms with E-state index in [-0.39, 0.29) is 18.7 Å². The first kappa shape index (κ1) is 17.1. The van der Waals surface area contributed by atoms with Crippen LogP contribution in [0.1, 0.15) is 18.4 Å². The Bertz CT molecular complexity index is 705. The highest BCUT2D eigenvalue weighted by atomic mass is 79.9. The number of nitrogens with one attached hydrogen (secondary N) is 2. The van der Waals surface area contributed by atoms with Gasteiger partial charge >= 0.3 is 6.09 Å². The maximum Gasteiger partial charge on any atom is 0.407 e. The zero-order valence-corrected chi connectivity index (χ0v) is 15.3. The molecule has 1 aliphatic rings. The van der Waals surface area contributed by atoms with Crippen LogP contribution in [0.25, 0.3) is 0 Å². The molecule has 3 rings (SSSR count). The Balaban J connectivity index is 1.39. The van der Waals surface area contributed by atoms with E-state index >= 15 is 0 Å². The highest BCUT2D eigenvalue weighted by Crippen LogP contribution is 2.33. The van der Waals surface area contributed by atoms with Crippen molar-refractivity contribution >= 4 is 39.3 Å². The van der Waals surface area contributed by atoms with Crippen molar-refractivity contribution < 1.29 is 9.53 Å². The number of hydrogen-bond acceptors (Lipinski definition) is 3. The van der Waals surface area contributed by atoms with Gasteiger partial charge in [0.25, 0.3) is 0 Å². The number of halogens is 2. The smallest absolute Gasteiger partial charge is 0.407 e. The molecule has 0 saturated heterocycles. The van der Waals surface area contributed by atoms with Crippen molar-refractivity contribution in [3.8, 4) is 0 Å². The number of rotatable bonds is 5. The van der Waals surface area contributed by atoms with Gasteiger partial charge in [-0.05, 0) is 46.5 Å². The van der Waals surface area contributed by atoms with Gasteiger partial charge in [-0.3, -0.25) is 0 Å². The molecule has 0 aromatic heterocycles. The number of hydrogen-bond donors (Lipinski definition) is 2. The molecule has 1 saturated carbocycles. The maximum absolute atomic E-state index is 11.8. The number of anilines is 1. The van der Waals surface area contributed by atoms with Gasteiger partial charge in [0.05, 0.1) is 15.2 Å². The van der Waals surface area contributed by atoms with Gasteiger partial charge in [-0.1, -0.05) is 48.0 Å². The summed E-state index contributed by atoms with van der Waals surface area (Å²) in [5.74, 6) is 0. The van der Waals surface area contributed by atoms with Gasteiger partial charge in [-0.15, -0.1) is 0 Å². The standard InChI is InChI=1S/C18H18BrClN2O2/c19-17-15(20)7-4-8-16(17)21-13-9-14(10-13)22-18(23)24-11-12-5-2-1-3-6-12/h1-8,13-14,21H,9-11H2,(H,22,23).